The Morgan fingerprint density at radius 1 is 1.38 bits per heavy atom. The van der Waals surface area contributed by atoms with E-state index in [-0.39, 0.29) is 5.41 Å². The van der Waals surface area contributed by atoms with Gasteiger partial charge in [0.15, 0.2) is 0 Å². The molecule has 2 bridgehead atoms. The molecule has 2 saturated carbocycles. The lowest BCUT2D eigenvalue weighted by Gasteiger charge is -2.28. The van der Waals surface area contributed by atoms with Crippen LogP contribution in [0.25, 0.3) is 0 Å². The van der Waals surface area contributed by atoms with E-state index in [1.165, 1.54) is 25.8 Å². The predicted molar refractivity (Wildman–Crippen MR) is 50.0 cm³/mol. The Bertz CT molecular complexity index is 262. The van der Waals surface area contributed by atoms with E-state index in [9.17, 15) is 0 Å². The number of likely N-dealkylation sites (tertiary alicyclic amines) is 1. The van der Waals surface area contributed by atoms with Crippen LogP contribution in [0.15, 0.2) is 0 Å². The topological polar surface area (TPSA) is 27.0 Å². The lowest BCUT2D eigenvalue weighted by molar-refractivity contribution is 0.190. The molecular formula is C11H16N2. The van der Waals surface area contributed by atoms with Crippen LogP contribution in [0, 0.1) is 22.7 Å². The maximum absolute atomic E-state index is 9.01. The first-order chi connectivity index (χ1) is 6.31. The van der Waals surface area contributed by atoms with Crippen molar-refractivity contribution in [2.45, 2.75) is 38.1 Å². The summed E-state index contributed by atoms with van der Waals surface area (Å²) in [4.78, 5) is 2.59. The highest BCUT2D eigenvalue weighted by atomic mass is 15.2. The minimum absolute atomic E-state index is 0.0878. The van der Waals surface area contributed by atoms with Crippen LogP contribution >= 0.6 is 0 Å². The maximum Gasteiger partial charge on any atom is 0.0703 e. The van der Waals surface area contributed by atoms with Gasteiger partial charge in [0, 0.05) is 19.1 Å². The molecule has 3 rings (SSSR count). The fraction of sp³-hybridized carbons (Fsp3) is 0.909. The second-order valence-electron chi connectivity index (χ2n) is 5.15. The molecule has 0 N–H and O–H groups in total. The van der Waals surface area contributed by atoms with Gasteiger partial charge in [-0.3, -0.25) is 4.90 Å². The normalized spacial score (nSPS) is 40.5. The van der Waals surface area contributed by atoms with Gasteiger partial charge in [-0.25, -0.2) is 0 Å². The molecule has 3 aliphatic rings. The third kappa shape index (κ3) is 1.18. The van der Waals surface area contributed by atoms with E-state index in [0.717, 1.165) is 31.3 Å². The van der Waals surface area contributed by atoms with Crippen molar-refractivity contribution in [1.82, 2.24) is 4.90 Å². The standard InChI is InChI=1S/C11H16N2/c12-7-11(3-4-11)8-13-6-9-1-2-10(13)5-9/h9-10H,1-6,8H2. The van der Waals surface area contributed by atoms with Gasteiger partial charge in [-0.2, -0.15) is 5.26 Å². The summed E-state index contributed by atoms with van der Waals surface area (Å²) >= 11 is 0. The van der Waals surface area contributed by atoms with Crippen molar-refractivity contribution in [3.05, 3.63) is 0 Å². The van der Waals surface area contributed by atoms with Crippen LogP contribution in [0.5, 0.6) is 0 Å². The van der Waals surface area contributed by atoms with E-state index in [2.05, 4.69) is 11.0 Å². The molecule has 13 heavy (non-hydrogen) atoms. The van der Waals surface area contributed by atoms with Crippen LogP contribution in [0.1, 0.15) is 32.1 Å². The molecule has 2 heteroatoms. The van der Waals surface area contributed by atoms with Crippen molar-refractivity contribution in [2.24, 2.45) is 11.3 Å². The zero-order valence-electron chi connectivity index (χ0n) is 8.00. The van der Waals surface area contributed by atoms with Crippen LogP contribution < -0.4 is 0 Å². The van der Waals surface area contributed by atoms with E-state index < -0.39 is 0 Å². The lowest BCUT2D eigenvalue weighted by atomic mass is 10.1. The maximum atomic E-state index is 9.01. The van der Waals surface area contributed by atoms with Crippen LogP contribution in [0.3, 0.4) is 0 Å². The molecule has 2 unspecified atom stereocenters. The molecular weight excluding hydrogens is 160 g/mol. The van der Waals surface area contributed by atoms with Crippen LogP contribution in [0.2, 0.25) is 0 Å². The van der Waals surface area contributed by atoms with E-state index in [1.54, 1.807) is 0 Å². The number of hydrogen-bond acceptors (Lipinski definition) is 2. The average Bonchev–Trinajstić information content (AvgIpc) is 2.62. The Labute approximate surface area is 79.5 Å². The molecule has 0 aromatic carbocycles. The monoisotopic (exact) mass is 176 g/mol. The first-order valence-electron chi connectivity index (χ1n) is 5.47. The molecule has 1 aliphatic heterocycles. The Kier molecular flexibility index (Phi) is 1.49. The fourth-order valence-electron chi connectivity index (χ4n) is 3.07. The Balaban J connectivity index is 1.66. The second kappa shape index (κ2) is 2.48. The quantitative estimate of drug-likeness (QED) is 0.641. The van der Waals surface area contributed by atoms with Crippen LogP contribution in [-0.4, -0.2) is 24.0 Å². The Morgan fingerprint density at radius 3 is 2.69 bits per heavy atom. The zero-order valence-corrected chi connectivity index (χ0v) is 8.00. The minimum atomic E-state index is 0.0878. The van der Waals surface area contributed by atoms with Crippen molar-refractivity contribution in [3.8, 4) is 6.07 Å². The molecule has 0 radical (unpaired) electrons. The largest absolute Gasteiger partial charge is 0.299 e. The van der Waals surface area contributed by atoms with Crippen molar-refractivity contribution in [2.75, 3.05) is 13.1 Å². The fourth-order valence-corrected chi connectivity index (χ4v) is 3.07. The number of rotatable bonds is 2. The third-order valence-electron chi connectivity index (χ3n) is 4.12. The van der Waals surface area contributed by atoms with Gasteiger partial charge in [-0.05, 0) is 38.0 Å². The summed E-state index contributed by atoms with van der Waals surface area (Å²) in [6.45, 7) is 2.36. The third-order valence-corrected chi connectivity index (χ3v) is 4.12. The first kappa shape index (κ1) is 7.82. The van der Waals surface area contributed by atoms with E-state index in [1.807, 2.05) is 0 Å². The number of nitriles is 1. The van der Waals surface area contributed by atoms with Gasteiger partial charge in [0.05, 0.1) is 11.5 Å². The SMILES string of the molecule is N#CC1(CN2CC3CCC2C3)CC1. The number of fused-ring (bicyclic) bond motifs is 2. The molecule has 1 heterocycles. The molecule has 70 valence electrons. The van der Waals surface area contributed by atoms with Gasteiger partial charge in [0.2, 0.25) is 0 Å². The van der Waals surface area contributed by atoms with Crippen molar-refractivity contribution >= 4 is 0 Å². The average molecular weight is 176 g/mol. The summed E-state index contributed by atoms with van der Waals surface area (Å²) in [7, 11) is 0. The van der Waals surface area contributed by atoms with Gasteiger partial charge >= 0.3 is 0 Å². The first-order valence-corrected chi connectivity index (χ1v) is 5.47. The molecule has 3 fully saturated rings. The molecule has 2 aliphatic carbocycles. The van der Waals surface area contributed by atoms with Crippen molar-refractivity contribution in [1.29, 1.82) is 5.26 Å². The zero-order chi connectivity index (χ0) is 8.89. The summed E-state index contributed by atoms with van der Waals surface area (Å²) in [5.41, 5.74) is 0.0878. The van der Waals surface area contributed by atoms with Gasteiger partial charge in [-0.1, -0.05) is 0 Å². The van der Waals surface area contributed by atoms with Crippen molar-refractivity contribution < 1.29 is 0 Å². The van der Waals surface area contributed by atoms with Gasteiger partial charge in [-0.15, -0.1) is 0 Å². The summed E-state index contributed by atoms with van der Waals surface area (Å²) in [5, 5.41) is 9.01. The Morgan fingerprint density at radius 2 is 2.23 bits per heavy atom. The van der Waals surface area contributed by atoms with E-state index >= 15 is 0 Å². The molecule has 1 saturated heterocycles. The highest BCUT2D eigenvalue weighted by Gasteiger charge is 2.48. The summed E-state index contributed by atoms with van der Waals surface area (Å²) < 4.78 is 0. The lowest BCUT2D eigenvalue weighted by Crippen LogP contribution is -2.36. The highest BCUT2D eigenvalue weighted by Crippen LogP contribution is 2.48. The second-order valence-corrected chi connectivity index (χ2v) is 5.15. The number of piperidine rings is 1. The summed E-state index contributed by atoms with van der Waals surface area (Å²) in [6, 6.07) is 3.34. The van der Waals surface area contributed by atoms with E-state index in [0.29, 0.717) is 0 Å². The molecule has 0 aromatic rings. The summed E-state index contributed by atoms with van der Waals surface area (Å²) in [6.07, 6.45) is 6.56. The minimum Gasteiger partial charge on any atom is -0.299 e. The molecule has 0 aromatic heterocycles. The van der Waals surface area contributed by atoms with Crippen molar-refractivity contribution in [3.63, 3.8) is 0 Å². The highest BCUT2D eigenvalue weighted by molar-refractivity contribution is 5.12. The molecule has 2 nitrogen and oxygen atoms in total. The molecule has 0 spiro atoms. The van der Waals surface area contributed by atoms with E-state index in [4.69, 9.17) is 5.26 Å². The molecule has 2 atom stereocenters. The van der Waals surface area contributed by atoms with Crippen LogP contribution in [-0.2, 0) is 0 Å². The smallest absolute Gasteiger partial charge is 0.0703 e. The van der Waals surface area contributed by atoms with Gasteiger partial charge in [0.25, 0.3) is 0 Å². The number of hydrogen-bond donors (Lipinski definition) is 0. The van der Waals surface area contributed by atoms with Gasteiger partial charge < -0.3 is 0 Å². The predicted octanol–water partition coefficient (Wildman–Crippen LogP) is 1.77. The van der Waals surface area contributed by atoms with Gasteiger partial charge in [0.1, 0.15) is 0 Å². The Hall–Kier alpha value is -0.550. The molecule has 0 amide bonds. The number of nitrogens with zero attached hydrogens (tertiary/aromatic N) is 2. The van der Waals surface area contributed by atoms with Crippen LogP contribution in [0.4, 0.5) is 0 Å². The summed E-state index contributed by atoms with van der Waals surface area (Å²) in [5.74, 6) is 0.972.